The molecule has 2 heterocycles. The average Bonchev–Trinajstić information content (AvgIpc) is 3.29. The van der Waals surface area contributed by atoms with Crippen molar-refractivity contribution in [1.29, 1.82) is 0 Å². The van der Waals surface area contributed by atoms with E-state index in [1.54, 1.807) is 23.1 Å². The van der Waals surface area contributed by atoms with Crippen LogP contribution < -0.4 is 4.90 Å². The van der Waals surface area contributed by atoms with Crippen LogP contribution in [-0.4, -0.2) is 22.6 Å². The summed E-state index contributed by atoms with van der Waals surface area (Å²) in [5.74, 6) is -0.00756. The van der Waals surface area contributed by atoms with E-state index in [4.69, 9.17) is 4.52 Å². The zero-order chi connectivity index (χ0) is 18.1. The van der Waals surface area contributed by atoms with Crippen LogP contribution in [0.3, 0.4) is 0 Å². The summed E-state index contributed by atoms with van der Waals surface area (Å²) >= 11 is 0. The number of aromatic nitrogens is 2. The molecule has 1 aliphatic heterocycles. The van der Waals surface area contributed by atoms with Gasteiger partial charge in [-0.25, -0.2) is 4.39 Å². The van der Waals surface area contributed by atoms with Gasteiger partial charge in [0.15, 0.2) is 0 Å². The summed E-state index contributed by atoms with van der Waals surface area (Å²) in [4.78, 5) is 18.5. The Bertz CT molecular complexity index is 936. The summed E-state index contributed by atoms with van der Waals surface area (Å²) in [5.41, 5.74) is 2.38. The van der Waals surface area contributed by atoms with E-state index in [-0.39, 0.29) is 17.6 Å². The summed E-state index contributed by atoms with van der Waals surface area (Å²) < 4.78 is 19.2. The summed E-state index contributed by atoms with van der Waals surface area (Å²) in [6.45, 7) is 2.57. The van der Waals surface area contributed by atoms with Gasteiger partial charge in [-0.2, -0.15) is 4.98 Å². The molecule has 0 unspecified atom stereocenters. The number of nitrogens with zero attached hydrogens (tertiary/aromatic N) is 3. The van der Waals surface area contributed by atoms with E-state index < -0.39 is 5.82 Å². The molecule has 0 bridgehead atoms. The number of benzene rings is 2. The SMILES string of the molecule is CCc1ccc(N2C[C@@H](c3nc(-c4ccccc4F)no3)CC2=O)cc1. The Morgan fingerprint density at radius 1 is 1.19 bits per heavy atom. The Balaban J connectivity index is 1.55. The van der Waals surface area contributed by atoms with Gasteiger partial charge in [-0.1, -0.05) is 36.3 Å². The molecule has 0 N–H and O–H groups in total. The van der Waals surface area contributed by atoms with Crippen LogP contribution in [0.2, 0.25) is 0 Å². The van der Waals surface area contributed by atoms with Gasteiger partial charge in [-0.3, -0.25) is 4.79 Å². The number of amides is 1. The van der Waals surface area contributed by atoms with Gasteiger partial charge in [0.1, 0.15) is 5.82 Å². The first kappa shape index (κ1) is 16.4. The van der Waals surface area contributed by atoms with Crippen molar-refractivity contribution >= 4 is 11.6 Å². The molecule has 6 heteroatoms. The van der Waals surface area contributed by atoms with Gasteiger partial charge in [0.05, 0.1) is 11.5 Å². The normalized spacial score (nSPS) is 17.1. The number of hydrogen-bond acceptors (Lipinski definition) is 4. The van der Waals surface area contributed by atoms with Gasteiger partial charge >= 0.3 is 0 Å². The first-order valence-electron chi connectivity index (χ1n) is 8.63. The molecule has 0 radical (unpaired) electrons. The Kier molecular flexibility index (Phi) is 4.24. The minimum absolute atomic E-state index is 0.0184. The summed E-state index contributed by atoms with van der Waals surface area (Å²) in [7, 11) is 0. The maximum Gasteiger partial charge on any atom is 0.232 e. The monoisotopic (exact) mass is 351 g/mol. The fourth-order valence-corrected chi connectivity index (χ4v) is 3.19. The van der Waals surface area contributed by atoms with Crippen molar-refractivity contribution in [2.24, 2.45) is 0 Å². The lowest BCUT2D eigenvalue weighted by molar-refractivity contribution is -0.117. The quantitative estimate of drug-likeness (QED) is 0.714. The molecule has 1 aromatic heterocycles. The molecule has 1 saturated heterocycles. The summed E-state index contributed by atoms with van der Waals surface area (Å²) in [5, 5.41) is 3.88. The number of rotatable bonds is 4. The Hall–Kier alpha value is -3.02. The van der Waals surface area contributed by atoms with Crippen molar-refractivity contribution in [2.45, 2.75) is 25.7 Å². The molecular formula is C20H18FN3O2. The molecule has 2 aromatic carbocycles. The van der Waals surface area contributed by atoms with Gasteiger partial charge in [-0.15, -0.1) is 0 Å². The van der Waals surface area contributed by atoms with E-state index in [0.717, 1.165) is 12.1 Å². The number of hydrogen-bond donors (Lipinski definition) is 0. The van der Waals surface area contributed by atoms with Crippen LogP contribution in [0.25, 0.3) is 11.4 Å². The van der Waals surface area contributed by atoms with E-state index in [1.807, 2.05) is 24.3 Å². The van der Waals surface area contributed by atoms with Gasteiger partial charge in [-0.05, 0) is 36.2 Å². The average molecular weight is 351 g/mol. The maximum absolute atomic E-state index is 13.9. The third kappa shape index (κ3) is 2.98. The first-order chi connectivity index (χ1) is 12.7. The second-order valence-electron chi connectivity index (χ2n) is 6.36. The predicted octanol–water partition coefficient (Wildman–Crippen LogP) is 3.96. The minimum Gasteiger partial charge on any atom is -0.339 e. The molecular weight excluding hydrogens is 333 g/mol. The minimum atomic E-state index is -0.403. The van der Waals surface area contributed by atoms with Crippen LogP contribution >= 0.6 is 0 Å². The highest BCUT2D eigenvalue weighted by atomic mass is 19.1. The summed E-state index contributed by atoms with van der Waals surface area (Å²) in [6, 6.07) is 14.2. The molecule has 26 heavy (non-hydrogen) atoms. The van der Waals surface area contributed by atoms with Crippen LogP contribution in [0.1, 0.15) is 30.7 Å². The number of carbonyl (C=O) groups is 1. The molecule has 0 aliphatic carbocycles. The van der Waals surface area contributed by atoms with Crippen LogP contribution in [0.4, 0.5) is 10.1 Å². The highest BCUT2D eigenvalue weighted by Crippen LogP contribution is 2.32. The second-order valence-corrected chi connectivity index (χ2v) is 6.36. The standard InChI is InChI=1S/C20H18FN3O2/c1-2-13-7-9-15(10-8-13)24-12-14(11-18(24)25)20-22-19(23-26-20)16-5-3-4-6-17(16)21/h3-10,14H,2,11-12H2,1H3/t14-/m0/s1. The smallest absolute Gasteiger partial charge is 0.232 e. The number of anilines is 1. The molecule has 0 saturated carbocycles. The van der Waals surface area contributed by atoms with Gasteiger partial charge in [0.25, 0.3) is 0 Å². The van der Waals surface area contributed by atoms with E-state index in [0.29, 0.717) is 24.4 Å². The molecule has 1 atom stereocenters. The van der Waals surface area contributed by atoms with E-state index in [2.05, 4.69) is 17.1 Å². The first-order valence-corrected chi connectivity index (χ1v) is 8.63. The fourth-order valence-electron chi connectivity index (χ4n) is 3.19. The lowest BCUT2D eigenvalue weighted by Crippen LogP contribution is -2.24. The van der Waals surface area contributed by atoms with Crippen LogP contribution in [-0.2, 0) is 11.2 Å². The fraction of sp³-hybridized carbons (Fsp3) is 0.250. The zero-order valence-corrected chi connectivity index (χ0v) is 14.4. The Labute approximate surface area is 150 Å². The zero-order valence-electron chi connectivity index (χ0n) is 14.4. The van der Waals surface area contributed by atoms with Crippen LogP contribution in [0.15, 0.2) is 53.1 Å². The van der Waals surface area contributed by atoms with Crippen molar-refractivity contribution in [3.8, 4) is 11.4 Å². The third-order valence-corrected chi connectivity index (χ3v) is 4.69. The number of carbonyl (C=O) groups excluding carboxylic acids is 1. The highest BCUT2D eigenvalue weighted by molar-refractivity contribution is 5.96. The molecule has 0 spiro atoms. The Morgan fingerprint density at radius 2 is 1.96 bits per heavy atom. The van der Waals surface area contributed by atoms with Crippen molar-refractivity contribution in [1.82, 2.24) is 10.1 Å². The lowest BCUT2D eigenvalue weighted by atomic mass is 10.1. The third-order valence-electron chi connectivity index (χ3n) is 4.69. The summed E-state index contributed by atoms with van der Waals surface area (Å²) in [6.07, 6.45) is 1.26. The second kappa shape index (κ2) is 6.71. The van der Waals surface area contributed by atoms with Crippen LogP contribution in [0, 0.1) is 5.82 Å². The van der Waals surface area contributed by atoms with Gasteiger partial charge in [0.2, 0.25) is 17.6 Å². The van der Waals surface area contributed by atoms with Gasteiger partial charge in [0, 0.05) is 18.7 Å². The Morgan fingerprint density at radius 3 is 2.69 bits per heavy atom. The van der Waals surface area contributed by atoms with Crippen molar-refractivity contribution < 1.29 is 13.7 Å². The van der Waals surface area contributed by atoms with Crippen molar-refractivity contribution in [3.05, 3.63) is 65.8 Å². The molecule has 3 aromatic rings. The maximum atomic E-state index is 13.9. The largest absolute Gasteiger partial charge is 0.339 e. The van der Waals surface area contributed by atoms with E-state index in [1.165, 1.54) is 11.6 Å². The molecule has 132 valence electrons. The molecule has 1 fully saturated rings. The lowest BCUT2D eigenvalue weighted by Gasteiger charge is -2.16. The highest BCUT2D eigenvalue weighted by Gasteiger charge is 2.35. The van der Waals surface area contributed by atoms with E-state index >= 15 is 0 Å². The van der Waals surface area contributed by atoms with Crippen LogP contribution in [0.5, 0.6) is 0 Å². The molecule has 4 rings (SSSR count). The molecule has 5 nitrogen and oxygen atoms in total. The van der Waals surface area contributed by atoms with E-state index in [9.17, 15) is 9.18 Å². The number of halogens is 1. The molecule has 1 aliphatic rings. The van der Waals surface area contributed by atoms with Crippen molar-refractivity contribution in [2.75, 3.05) is 11.4 Å². The van der Waals surface area contributed by atoms with Crippen molar-refractivity contribution in [3.63, 3.8) is 0 Å². The predicted molar refractivity (Wildman–Crippen MR) is 95.2 cm³/mol. The number of aryl methyl sites for hydroxylation is 1. The topological polar surface area (TPSA) is 59.2 Å². The molecule has 1 amide bonds. The van der Waals surface area contributed by atoms with Gasteiger partial charge < -0.3 is 9.42 Å².